The van der Waals surface area contributed by atoms with Crippen LogP contribution in [0.5, 0.6) is 0 Å². The van der Waals surface area contributed by atoms with Crippen molar-refractivity contribution in [1.29, 1.82) is 0 Å². The number of unbranched alkanes of at least 4 members (excludes halogenated alkanes) is 1. The van der Waals surface area contributed by atoms with E-state index in [2.05, 4.69) is 38.8 Å². The van der Waals surface area contributed by atoms with Gasteiger partial charge < -0.3 is 0 Å². The second-order valence-electron chi connectivity index (χ2n) is 2.87. The minimum absolute atomic E-state index is 0.477. The molecule has 1 unspecified atom stereocenters. The molecule has 0 saturated carbocycles. The lowest BCUT2D eigenvalue weighted by Gasteiger charge is -2.26. The van der Waals surface area contributed by atoms with Crippen molar-refractivity contribution < 1.29 is 0 Å². The van der Waals surface area contributed by atoms with Gasteiger partial charge >= 0.3 is 0 Å². The van der Waals surface area contributed by atoms with Crippen molar-refractivity contribution in [3.63, 3.8) is 0 Å². The van der Waals surface area contributed by atoms with Gasteiger partial charge in [-0.15, -0.1) is 23.5 Å². The van der Waals surface area contributed by atoms with E-state index in [9.17, 15) is 0 Å². The molecule has 0 saturated heterocycles. The summed E-state index contributed by atoms with van der Waals surface area (Å²) in [7, 11) is 0. The lowest BCUT2D eigenvalue weighted by Crippen LogP contribution is -2.14. The predicted octanol–water partition coefficient (Wildman–Crippen LogP) is 4.01. The van der Waals surface area contributed by atoms with Gasteiger partial charge in [0.25, 0.3) is 0 Å². The Kier molecular flexibility index (Phi) is 6.64. The number of hydrogen-bond donors (Lipinski definition) is 0. The predicted molar refractivity (Wildman–Crippen MR) is 59.6 cm³/mol. The molecular formula is C9H20S2. The number of thioether (sulfide) groups is 2. The molecule has 0 nitrogen and oxygen atoms in total. The van der Waals surface area contributed by atoms with Gasteiger partial charge in [0.15, 0.2) is 0 Å². The largest absolute Gasteiger partial charge is 0.148 e. The number of rotatable bonds is 6. The van der Waals surface area contributed by atoms with E-state index in [1.54, 1.807) is 0 Å². The molecule has 0 aliphatic heterocycles. The highest BCUT2D eigenvalue weighted by molar-refractivity contribution is 8.17. The van der Waals surface area contributed by atoms with Crippen molar-refractivity contribution in [2.45, 2.75) is 44.1 Å². The summed E-state index contributed by atoms with van der Waals surface area (Å²) in [6.07, 6.45) is 6.26. The van der Waals surface area contributed by atoms with Gasteiger partial charge in [0, 0.05) is 0 Å². The van der Waals surface area contributed by atoms with E-state index in [0.717, 1.165) is 0 Å². The molecule has 0 aromatic rings. The quantitative estimate of drug-likeness (QED) is 0.583. The highest BCUT2D eigenvalue weighted by Crippen LogP contribution is 2.39. The van der Waals surface area contributed by atoms with Crippen molar-refractivity contribution in [2.24, 2.45) is 0 Å². The van der Waals surface area contributed by atoms with Crippen LogP contribution in [-0.2, 0) is 0 Å². The van der Waals surface area contributed by atoms with E-state index in [-0.39, 0.29) is 0 Å². The summed E-state index contributed by atoms with van der Waals surface area (Å²) in [6, 6.07) is 0. The molecule has 0 aliphatic rings. The second kappa shape index (κ2) is 6.24. The van der Waals surface area contributed by atoms with Crippen LogP contribution in [0.25, 0.3) is 0 Å². The van der Waals surface area contributed by atoms with E-state index in [0.29, 0.717) is 4.08 Å². The Balaban J connectivity index is 3.68. The summed E-state index contributed by atoms with van der Waals surface area (Å²) in [5.41, 5.74) is 0. The van der Waals surface area contributed by atoms with E-state index in [1.807, 2.05) is 11.8 Å². The second-order valence-corrected chi connectivity index (χ2v) is 6.21. The summed E-state index contributed by atoms with van der Waals surface area (Å²) >= 11 is 4.08. The standard InChI is InChI=1S/C9H20S2/c1-5-7-8-9(3,10-4)11-6-2/h5-8H2,1-4H3. The molecule has 0 radical (unpaired) electrons. The van der Waals surface area contributed by atoms with Gasteiger partial charge in [0.2, 0.25) is 0 Å². The van der Waals surface area contributed by atoms with Crippen LogP contribution >= 0.6 is 23.5 Å². The van der Waals surface area contributed by atoms with Gasteiger partial charge in [0.05, 0.1) is 4.08 Å². The van der Waals surface area contributed by atoms with E-state index in [1.165, 1.54) is 25.0 Å². The third-order valence-corrected chi connectivity index (χ3v) is 4.89. The maximum absolute atomic E-state index is 2.36. The summed E-state index contributed by atoms with van der Waals surface area (Å²) in [4.78, 5) is 0. The van der Waals surface area contributed by atoms with Crippen LogP contribution in [0.3, 0.4) is 0 Å². The van der Waals surface area contributed by atoms with Gasteiger partial charge in [-0.2, -0.15) is 0 Å². The van der Waals surface area contributed by atoms with E-state index >= 15 is 0 Å². The third kappa shape index (κ3) is 5.02. The zero-order valence-corrected chi connectivity index (χ0v) is 9.78. The molecule has 0 aromatic carbocycles. The highest BCUT2D eigenvalue weighted by Gasteiger charge is 2.21. The Hall–Kier alpha value is 0.700. The molecule has 0 rings (SSSR count). The summed E-state index contributed by atoms with van der Waals surface area (Å²) in [6.45, 7) is 6.87. The first kappa shape index (κ1) is 11.7. The Morgan fingerprint density at radius 1 is 1.27 bits per heavy atom. The van der Waals surface area contributed by atoms with Gasteiger partial charge in [-0.25, -0.2) is 0 Å². The first-order valence-electron chi connectivity index (χ1n) is 4.37. The molecule has 0 fully saturated rings. The molecular weight excluding hydrogens is 172 g/mol. The monoisotopic (exact) mass is 192 g/mol. The molecule has 0 heterocycles. The molecule has 0 amide bonds. The molecule has 0 bridgehead atoms. The van der Waals surface area contributed by atoms with Crippen LogP contribution in [0.1, 0.15) is 40.0 Å². The van der Waals surface area contributed by atoms with Crippen LogP contribution in [0.2, 0.25) is 0 Å². The summed E-state index contributed by atoms with van der Waals surface area (Å²) in [5, 5.41) is 0. The van der Waals surface area contributed by atoms with Crippen molar-refractivity contribution >= 4 is 23.5 Å². The average molecular weight is 192 g/mol. The Morgan fingerprint density at radius 2 is 1.91 bits per heavy atom. The summed E-state index contributed by atoms with van der Waals surface area (Å²) in [5.74, 6) is 1.24. The zero-order valence-electron chi connectivity index (χ0n) is 8.14. The zero-order chi connectivity index (χ0) is 8.74. The fourth-order valence-corrected chi connectivity index (χ4v) is 3.11. The molecule has 0 N–H and O–H groups in total. The smallest absolute Gasteiger partial charge is 0.0580 e. The number of hydrogen-bond acceptors (Lipinski definition) is 2. The minimum Gasteiger partial charge on any atom is -0.148 e. The molecule has 0 aliphatic carbocycles. The Labute approximate surface area is 79.9 Å². The minimum atomic E-state index is 0.477. The van der Waals surface area contributed by atoms with Crippen LogP contribution in [0.15, 0.2) is 0 Å². The van der Waals surface area contributed by atoms with Crippen molar-refractivity contribution in [1.82, 2.24) is 0 Å². The van der Waals surface area contributed by atoms with Gasteiger partial charge in [-0.3, -0.25) is 0 Å². The molecule has 0 spiro atoms. The summed E-state index contributed by atoms with van der Waals surface area (Å²) < 4.78 is 0.477. The van der Waals surface area contributed by atoms with E-state index in [4.69, 9.17) is 0 Å². The lowest BCUT2D eigenvalue weighted by molar-refractivity contribution is 0.686. The topological polar surface area (TPSA) is 0 Å². The highest BCUT2D eigenvalue weighted by atomic mass is 32.2. The molecule has 68 valence electrons. The fourth-order valence-electron chi connectivity index (χ4n) is 1.04. The maximum atomic E-state index is 2.36. The molecule has 2 heteroatoms. The van der Waals surface area contributed by atoms with Crippen molar-refractivity contribution in [3.8, 4) is 0 Å². The average Bonchev–Trinajstić information content (AvgIpc) is 2.02. The van der Waals surface area contributed by atoms with E-state index < -0.39 is 0 Å². The van der Waals surface area contributed by atoms with Crippen molar-refractivity contribution in [2.75, 3.05) is 12.0 Å². The van der Waals surface area contributed by atoms with Crippen LogP contribution in [0.4, 0.5) is 0 Å². The van der Waals surface area contributed by atoms with Crippen molar-refractivity contribution in [3.05, 3.63) is 0 Å². The van der Waals surface area contributed by atoms with Gasteiger partial charge in [-0.1, -0.05) is 26.7 Å². The normalized spacial score (nSPS) is 16.4. The first-order valence-corrected chi connectivity index (χ1v) is 6.58. The fraction of sp³-hybridized carbons (Fsp3) is 1.00. The van der Waals surface area contributed by atoms with Crippen LogP contribution in [0, 0.1) is 0 Å². The molecule has 0 aromatic heterocycles. The molecule has 11 heavy (non-hydrogen) atoms. The third-order valence-electron chi connectivity index (χ3n) is 1.87. The van der Waals surface area contributed by atoms with Gasteiger partial charge in [0.1, 0.15) is 0 Å². The Bertz CT molecular complexity index is 93.6. The van der Waals surface area contributed by atoms with Gasteiger partial charge in [-0.05, 0) is 25.4 Å². The first-order chi connectivity index (χ1) is 5.18. The van der Waals surface area contributed by atoms with Crippen LogP contribution in [-0.4, -0.2) is 16.1 Å². The lowest BCUT2D eigenvalue weighted by atomic mass is 10.2. The van der Waals surface area contributed by atoms with Crippen LogP contribution < -0.4 is 0 Å². The SMILES string of the molecule is CCCCC(C)(SC)SCC. The maximum Gasteiger partial charge on any atom is 0.0580 e. The molecule has 1 atom stereocenters. The Morgan fingerprint density at radius 3 is 2.27 bits per heavy atom.